The molecule has 2 unspecified atom stereocenters. The van der Waals surface area contributed by atoms with E-state index >= 15 is 4.39 Å². The van der Waals surface area contributed by atoms with E-state index in [1.165, 1.54) is 35.1 Å². The van der Waals surface area contributed by atoms with Gasteiger partial charge in [-0.2, -0.15) is 0 Å². The predicted octanol–water partition coefficient (Wildman–Crippen LogP) is 6.94. The van der Waals surface area contributed by atoms with Crippen LogP contribution >= 0.6 is 0 Å². The summed E-state index contributed by atoms with van der Waals surface area (Å²) in [6, 6.07) is 9.86. The van der Waals surface area contributed by atoms with Crippen LogP contribution in [0.3, 0.4) is 0 Å². The fourth-order valence-corrected chi connectivity index (χ4v) is 9.93. The number of ether oxygens (including phenoxy) is 2. The number of carbonyl (C=O) groups is 4. The number of imidazole rings is 2. The summed E-state index contributed by atoms with van der Waals surface area (Å²) < 4.78 is 39.4. The second kappa shape index (κ2) is 17.1. The number of alkyl halides is 2. The third kappa shape index (κ3) is 7.79. The highest BCUT2D eigenvalue weighted by Crippen LogP contribution is 2.57. The highest BCUT2D eigenvalue weighted by atomic mass is 19.1. The van der Waals surface area contributed by atoms with Crippen molar-refractivity contribution in [1.29, 1.82) is 0 Å². The van der Waals surface area contributed by atoms with E-state index in [1.807, 2.05) is 39.8 Å². The molecular weight excluding hydrogens is 801 g/mol. The standard InChI is InChI=1S/C45H55F2N9O6/c1-22(2)38(52-44(59)61-6)42(57)55-20-26(46)16-34(55)40-48-18-30(50-40)25-10-8-24(9-11-25)28-12-13-29(37-33-15-14-32(36(28)37)54(33)5)31-19-49-41(51-31)35-17-27(47)21-56(35)43(58)39(23(3)4)53-45(60)62-7/h8-13,18-19,22-23,26-27,32-35,38-39H,14-17,20-21H2,1-7H3,(H,48,50)(H,49,51)(H,52,59)(H,53,60)/t26-,27-,32?,33?,34+,35+,38+,39+/m1/s1. The maximum absolute atomic E-state index is 15.1. The van der Waals surface area contributed by atoms with Crippen LogP contribution in [0.25, 0.3) is 33.6 Å². The Balaban J connectivity index is 1.04. The zero-order chi connectivity index (χ0) is 44.1. The van der Waals surface area contributed by atoms with Gasteiger partial charge in [-0.15, -0.1) is 0 Å². The van der Waals surface area contributed by atoms with Gasteiger partial charge >= 0.3 is 12.2 Å². The lowest BCUT2D eigenvalue weighted by Crippen LogP contribution is -2.51. The molecule has 4 aliphatic rings. The Morgan fingerprint density at radius 3 is 1.58 bits per heavy atom. The summed E-state index contributed by atoms with van der Waals surface area (Å²) in [4.78, 5) is 73.0. The van der Waals surface area contributed by atoms with Gasteiger partial charge in [0.15, 0.2) is 0 Å². The third-order valence-electron chi connectivity index (χ3n) is 13.1. The molecule has 4 aliphatic heterocycles. The molecular formula is C45H55F2N9O6. The minimum atomic E-state index is -1.24. The summed E-state index contributed by atoms with van der Waals surface area (Å²) >= 11 is 0. The summed E-state index contributed by atoms with van der Waals surface area (Å²) in [5, 5.41) is 5.22. The van der Waals surface area contributed by atoms with E-state index in [-0.39, 0.29) is 55.8 Å². The number of H-pyrrole nitrogens is 2. The molecule has 62 heavy (non-hydrogen) atoms. The highest BCUT2D eigenvalue weighted by molar-refractivity contribution is 5.87. The first-order chi connectivity index (χ1) is 29.7. The van der Waals surface area contributed by atoms with Gasteiger partial charge in [0.2, 0.25) is 11.8 Å². The fourth-order valence-electron chi connectivity index (χ4n) is 9.93. The summed E-state index contributed by atoms with van der Waals surface area (Å²) in [5.41, 5.74) is 8.06. The number of alkyl carbamates (subject to hydrolysis) is 2. The van der Waals surface area contributed by atoms with E-state index in [0.717, 1.165) is 46.5 Å². The van der Waals surface area contributed by atoms with Crippen molar-refractivity contribution in [2.24, 2.45) is 11.8 Å². The first kappa shape index (κ1) is 42.8. The van der Waals surface area contributed by atoms with Crippen molar-refractivity contribution < 1.29 is 37.4 Å². The van der Waals surface area contributed by atoms with E-state index in [9.17, 15) is 23.6 Å². The van der Waals surface area contributed by atoms with Crippen molar-refractivity contribution >= 4 is 24.0 Å². The molecule has 8 rings (SSSR count). The monoisotopic (exact) mass is 855 g/mol. The number of amides is 4. The molecule has 4 amide bonds. The second-order valence-corrected chi connectivity index (χ2v) is 17.6. The number of likely N-dealkylation sites (tertiary alicyclic amines) is 2. The van der Waals surface area contributed by atoms with Crippen molar-refractivity contribution in [3.63, 3.8) is 0 Å². The Morgan fingerprint density at radius 1 is 0.661 bits per heavy atom. The number of rotatable bonds is 11. The molecule has 3 fully saturated rings. The van der Waals surface area contributed by atoms with Gasteiger partial charge in [0.05, 0.1) is 63.2 Å². The smallest absolute Gasteiger partial charge is 0.407 e. The lowest BCUT2D eigenvalue weighted by Gasteiger charge is -2.29. The predicted molar refractivity (Wildman–Crippen MR) is 226 cm³/mol. The number of hydrogen-bond acceptors (Lipinski definition) is 9. The Hall–Kier alpha value is -5.84. The van der Waals surface area contributed by atoms with Crippen LogP contribution in [0.4, 0.5) is 18.4 Å². The number of aromatic amines is 2. The molecule has 0 radical (unpaired) electrons. The summed E-state index contributed by atoms with van der Waals surface area (Å²) in [5.74, 6) is -0.313. The maximum atomic E-state index is 15.1. The van der Waals surface area contributed by atoms with E-state index in [4.69, 9.17) is 14.5 Å². The molecule has 4 aromatic rings. The van der Waals surface area contributed by atoms with Crippen LogP contribution in [0.15, 0.2) is 48.8 Å². The van der Waals surface area contributed by atoms with Crippen LogP contribution in [0.2, 0.25) is 0 Å². The van der Waals surface area contributed by atoms with Crippen molar-refractivity contribution in [3.05, 3.63) is 71.6 Å². The lowest BCUT2D eigenvalue weighted by atomic mass is 9.82. The average molecular weight is 856 g/mol. The van der Waals surface area contributed by atoms with Crippen LogP contribution < -0.4 is 10.6 Å². The zero-order valence-corrected chi connectivity index (χ0v) is 36.1. The summed E-state index contributed by atoms with van der Waals surface area (Å²) in [6.07, 6.45) is 1.75. The number of carbonyl (C=O) groups excluding carboxylic acids is 4. The molecule has 2 aromatic carbocycles. The summed E-state index contributed by atoms with van der Waals surface area (Å²) in [7, 11) is 4.63. The average Bonchev–Trinajstić information content (AvgIpc) is 4.13. The molecule has 6 heterocycles. The molecule has 330 valence electrons. The minimum Gasteiger partial charge on any atom is -0.453 e. The SMILES string of the molecule is COC(=O)N[C@H](C(=O)N1C[C@H](F)C[C@H]1c1ncc(-c2ccc(-c3ccc(-c4cnc([C@@H]5C[C@@H](F)CN5C(=O)[C@@H](NC(=O)OC)C(C)C)[nH]4)c4c3C3CCC4N3C)cc2)[nH]1)C(C)C. The van der Waals surface area contributed by atoms with Crippen molar-refractivity contribution in [3.8, 4) is 33.6 Å². The van der Waals surface area contributed by atoms with Crippen LogP contribution in [0.1, 0.15) is 100 Å². The van der Waals surface area contributed by atoms with E-state index in [1.54, 1.807) is 12.4 Å². The Morgan fingerprint density at radius 2 is 1.10 bits per heavy atom. The number of hydrogen-bond donors (Lipinski definition) is 4. The quantitative estimate of drug-likeness (QED) is 0.124. The molecule has 4 N–H and O–H groups in total. The molecule has 0 saturated carbocycles. The van der Waals surface area contributed by atoms with E-state index < -0.39 is 54.6 Å². The highest BCUT2D eigenvalue weighted by Gasteiger charge is 2.46. The van der Waals surface area contributed by atoms with Gasteiger partial charge in [-0.3, -0.25) is 14.5 Å². The largest absolute Gasteiger partial charge is 0.453 e. The van der Waals surface area contributed by atoms with Gasteiger partial charge in [-0.25, -0.2) is 28.3 Å². The van der Waals surface area contributed by atoms with Gasteiger partial charge in [0.1, 0.15) is 36.1 Å². The zero-order valence-electron chi connectivity index (χ0n) is 36.1. The molecule has 15 nitrogen and oxygen atoms in total. The summed E-state index contributed by atoms with van der Waals surface area (Å²) in [6.45, 7) is 7.06. The normalized spacial score (nSPS) is 24.1. The van der Waals surface area contributed by atoms with Crippen molar-refractivity contribution in [1.82, 2.24) is 45.3 Å². The molecule has 3 saturated heterocycles. The third-order valence-corrected chi connectivity index (χ3v) is 13.1. The first-order valence-corrected chi connectivity index (χ1v) is 21.4. The molecule has 0 spiro atoms. The number of benzene rings is 2. The fraction of sp³-hybridized carbons (Fsp3) is 0.511. The number of nitrogens with zero attached hydrogens (tertiary/aromatic N) is 5. The lowest BCUT2D eigenvalue weighted by molar-refractivity contribution is -0.136. The maximum Gasteiger partial charge on any atom is 0.407 e. The van der Waals surface area contributed by atoms with Crippen molar-refractivity contribution in [2.75, 3.05) is 34.4 Å². The van der Waals surface area contributed by atoms with Gasteiger partial charge in [-0.05, 0) is 59.5 Å². The van der Waals surface area contributed by atoms with Gasteiger partial charge in [0, 0.05) is 30.5 Å². The second-order valence-electron chi connectivity index (χ2n) is 17.6. The number of aromatic nitrogens is 4. The van der Waals surface area contributed by atoms with Crippen LogP contribution in [-0.4, -0.2) is 117 Å². The topological polar surface area (TPSA) is 178 Å². The molecule has 2 aromatic heterocycles. The molecule has 8 atom stereocenters. The first-order valence-electron chi connectivity index (χ1n) is 21.4. The number of nitrogens with one attached hydrogen (secondary N) is 4. The van der Waals surface area contributed by atoms with Gasteiger partial charge in [-0.1, -0.05) is 64.1 Å². The van der Waals surface area contributed by atoms with E-state index in [2.05, 4.69) is 61.8 Å². The Bertz CT molecular complexity index is 2330. The minimum absolute atomic E-state index is 0.0873. The molecule has 17 heteroatoms. The number of methoxy groups -OCH3 is 2. The molecule has 0 aliphatic carbocycles. The number of halogens is 2. The van der Waals surface area contributed by atoms with Gasteiger partial charge in [0.25, 0.3) is 0 Å². The van der Waals surface area contributed by atoms with Crippen LogP contribution in [-0.2, 0) is 19.1 Å². The van der Waals surface area contributed by atoms with Crippen LogP contribution in [0.5, 0.6) is 0 Å². The Kier molecular flexibility index (Phi) is 11.8. The van der Waals surface area contributed by atoms with Crippen molar-refractivity contribution in [2.45, 2.75) is 102 Å². The van der Waals surface area contributed by atoms with E-state index in [0.29, 0.717) is 11.6 Å². The van der Waals surface area contributed by atoms with Gasteiger partial charge < -0.3 is 39.9 Å². The molecule has 2 bridgehead atoms. The van der Waals surface area contributed by atoms with Crippen LogP contribution in [0, 0.1) is 11.8 Å². The number of fused-ring (bicyclic) bond motifs is 5. The Labute approximate surface area is 359 Å².